The molecule has 1 rings (SSSR count). The Kier molecular flexibility index (Phi) is 4.92. The molecule has 1 aromatic heterocycles. The molecule has 1 atom stereocenters. The highest BCUT2D eigenvalue weighted by Gasteiger charge is 2.09. The summed E-state index contributed by atoms with van der Waals surface area (Å²) in [4.78, 5) is 5.67. The molecule has 1 N–H and O–H groups in total. The molecule has 14 heavy (non-hydrogen) atoms. The lowest BCUT2D eigenvalue weighted by atomic mass is 10.2. The summed E-state index contributed by atoms with van der Waals surface area (Å²) in [7, 11) is 0. The van der Waals surface area contributed by atoms with Gasteiger partial charge in [0, 0.05) is 11.3 Å². The van der Waals surface area contributed by atoms with Crippen LogP contribution < -0.4 is 0 Å². The second-order valence-corrected chi connectivity index (χ2v) is 5.66. The zero-order valence-electron chi connectivity index (χ0n) is 8.91. The van der Waals surface area contributed by atoms with Crippen molar-refractivity contribution in [2.75, 3.05) is 12.0 Å². The number of aliphatic hydroxyl groups is 1. The zero-order valence-corrected chi connectivity index (χ0v) is 10.5. The molecule has 4 heteroatoms. The van der Waals surface area contributed by atoms with Gasteiger partial charge in [-0.15, -0.1) is 11.3 Å². The first-order valence-corrected chi connectivity index (χ1v) is 6.94. The number of thioether (sulfide) groups is 1. The van der Waals surface area contributed by atoms with E-state index in [1.807, 2.05) is 6.92 Å². The van der Waals surface area contributed by atoms with Gasteiger partial charge >= 0.3 is 0 Å². The largest absolute Gasteiger partial charge is 0.393 e. The van der Waals surface area contributed by atoms with Gasteiger partial charge in [-0.1, -0.05) is 0 Å². The van der Waals surface area contributed by atoms with Gasteiger partial charge in [-0.3, -0.25) is 0 Å². The van der Waals surface area contributed by atoms with E-state index in [0.717, 1.165) is 22.9 Å². The average molecular weight is 231 g/mol. The lowest BCUT2D eigenvalue weighted by Gasteiger charge is -2.06. The van der Waals surface area contributed by atoms with Crippen LogP contribution >= 0.6 is 23.1 Å². The predicted octanol–water partition coefficient (Wildman–Crippen LogP) is 2.42. The smallest absolute Gasteiger partial charge is 0.0956 e. The summed E-state index contributed by atoms with van der Waals surface area (Å²) in [6.45, 7) is 4.09. The molecule has 0 aliphatic carbocycles. The van der Waals surface area contributed by atoms with Crippen LogP contribution in [0.2, 0.25) is 0 Å². The molecule has 0 aromatic carbocycles. The first-order chi connectivity index (χ1) is 6.63. The van der Waals surface area contributed by atoms with E-state index < -0.39 is 0 Å². The third-order valence-electron chi connectivity index (χ3n) is 2.14. The first kappa shape index (κ1) is 12.0. The standard InChI is InChI=1S/C10H17NOS2/c1-7-8(2)14-10(11-7)6-9(12)4-5-13-3/h9,12H,4-6H2,1-3H3. The van der Waals surface area contributed by atoms with Gasteiger partial charge < -0.3 is 5.11 Å². The minimum atomic E-state index is -0.229. The highest BCUT2D eigenvalue weighted by Crippen LogP contribution is 2.18. The van der Waals surface area contributed by atoms with Crippen LogP contribution in [-0.4, -0.2) is 28.2 Å². The van der Waals surface area contributed by atoms with Gasteiger partial charge in [0.15, 0.2) is 0 Å². The van der Waals surface area contributed by atoms with Crippen molar-refractivity contribution < 1.29 is 5.11 Å². The molecule has 0 saturated heterocycles. The number of rotatable bonds is 5. The van der Waals surface area contributed by atoms with Gasteiger partial charge in [-0.05, 0) is 32.3 Å². The summed E-state index contributed by atoms with van der Waals surface area (Å²) in [5, 5.41) is 10.8. The Morgan fingerprint density at radius 2 is 2.21 bits per heavy atom. The van der Waals surface area contributed by atoms with Crippen LogP contribution in [0.3, 0.4) is 0 Å². The molecule has 80 valence electrons. The van der Waals surface area contributed by atoms with Crippen LogP contribution in [0, 0.1) is 13.8 Å². The minimum absolute atomic E-state index is 0.229. The fraction of sp³-hybridized carbons (Fsp3) is 0.700. The summed E-state index contributed by atoms with van der Waals surface area (Å²) in [6.07, 6.45) is 3.40. The number of aliphatic hydroxyl groups excluding tert-OH is 1. The lowest BCUT2D eigenvalue weighted by Crippen LogP contribution is -2.11. The van der Waals surface area contributed by atoms with Crippen molar-refractivity contribution in [3.8, 4) is 0 Å². The van der Waals surface area contributed by atoms with Gasteiger partial charge in [-0.2, -0.15) is 11.8 Å². The molecule has 0 spiro atoms. The van der Waals surface area contributed by atoms with E-state index >= 15 is 0 Å². The van der Waals surface area contributed by atoms with E-state index in [0.29, 0.717) is 6.42 Å². The van der Waals surface area contributed by atoms with Gasteiger partial charge in [0.05, 0.1) is 16.8 Å². The first-order valence-electron chi connectivity index (χ1n) is 4.73. The van der Waals surface area contributed by atoms with E-state index in [2.05, 4.69) is 18.2 Å². The number of nitrogens with zero attached hydrogens (tertiary/aromatic N) is 1. The summed E-state index contributed by atoms with van der Waals surface area (Å²) >= 11 is 3.47. The van der Waals surface area contributed by atoms with Crippen molar-refractivity contribution >= 4 is 23.1 Å². The molecule has 0 fully saturated rings. The maximum absolute atomic E-state index is 9.69. The lowest BCUT2D eigenvalue weighted by molar-refractivity contribution is 0.172. The normalized spacial score (nSPS) is 13.1. The number of thiazole rings is 1. The molecule has 0 radical (unpaired) electrons. The van der Waals surface area contributed by atoms with E-state index in [4.69, 9.17) is 0 Å². The Bertz CT molecular complexity index is 266. The summed E-state index contributed by atoms with van der Waals surface area (Å²) in [5.41, 5.74) is 1.10. The molecule has 1 unspecified atom stereocenters. The maximum Gasteiger partial charge on any atom is 0.0956 e. The Labute approximate surface area is 93.8 Å². The molecule has 0 saturated carbocycles. The molecule has 1 aromatic rings. The number of aromatic nitrogens is 1. The SMILES string of the molecule is CSCCC(O)Cc1nc(C)c(C)s1. The topological polar surface area (TPSA) is 33.1 Å². The van der Waals surface area contributed by atoms with Crippen LogP contribution in [0.4, 0.5) is 0 Å². The van der Waals surface area contributed by atoms with Gasteiger partial charge in [0.1, 0.15) is 0 Å². The molecular formula is C10H17NOS2. The number of aryl methyl sites for hydroxylation is 2. The van der Waals surface area contributed by atoms with Crippen LogP contribution in [0.25, 0.3) is 0 Å². The monoisotopic (exact) mass is 231 g/mol. The molecular weight excluding hydrogens is 214 g/mol. The van der Waals surface area contributed by atoms with Crippen molar-refractivity contribution in [3.63, 3.8) is 0 Å². The molecule has 0 bridgehead atoms. The third-order valence-corrected chi connectivity index (χ3v) is 3.88. The molecule has 0 amide bonds. The van der Waals surface area contributed by atoms with Crippen molar-refractivity contribution in [1.82, 2.24) is 4.98 Å². The predicted molar refractivity (Wildman–Crippen MR) is 64.3 cm³/mol. The second kappa shape index (κ2) is 5.73. The van der Waals surface area contributed by atoms with Gasteiger partial charge in [0.2, 0.25) is 0 Å². The highest BCUT2D eigenvalue weighted by molar-refractivity contribution is 7.98. The zero-order chi connectivity index (χ0) is 10.6. The van der Waals surface area contributed by atoms with Crippen LogP contribution in [0.5, 0.6) is 0 Å². The maximum atomic E-state index is 9.69. The second-order valence-electron chi connectivity index (χ2n) is 3.39. The quantitative estimate of drug-likeness (QED) is 0.845. The van der Waals surface area contributed by atoms with Crippen molar-refractivity contribution in [2.24, 2.45) is 0 Å². The van der Waals surface area contributed by atoms with E-state index in [1.54, 1.807) is 23.1 Å². The van der Waals surface area contributed by atoms with Crippen molar-refractivity contribution in [1.29, 1.82) is 0 Å². The average Bonchev–Trinajstić information content (AvgIpc) is 2.42. The molecule has 0 aliphatic heterocycles. The van der Waals surface area contributed by atoms with Crippen LogP contribution in [-0.2, 0) is 6.42 Å². The molecule has 1 heterocycles. The summed E-state index contributed by atoms with van der Waals surface area (Å²) < 4.78 is 0. The Hall–Kier alpha value is -0.0600. The van der Waals surface area contributed by atoms with Gasteiger partial charge in [0.25, 0.3) is 0 Å². The van der Waals surface area contributed by atoms with E-state index in [1.165, 1.54) is 4.88 Å². The van der Waals surface area contributed by atoms with Crippen molar-refractivity contribution in [2.45, 2.75) is 32.8 Å². The Morgan fingerprint density at radius 1 is 1.50 bits per heavy atom. The van der Waals surface area contributed by atoms with Crippen LogP contribution in [0.15, 0.2) is 0 Å². The fourth-order valence-electron chi connectivity index (χ4n) is 1.18. The molecule has 0 aliphatic rings. The Balaban J connectivity index is 2.43. The summed E-state index contributed by atoms with van der Waals surface area (Å²) in [6, 6.07) is 0. The Morgan fingerprint density at radius 3 is 2.71 bits per heavy atom. The summed E-state index contributed by atoms with van der Waals surface area (Å²) in [5.74, 6) is 1.02. The van der Waals surface area contributed by atoms with Crippen molar-refractivity contribution in [3.05, 3.63) is 15.6 Å². The number of hydrogen-bond acceptors (Lipinski definition) is 4. The van der Waals surface area contributed by atoms with E-state index in [9.17, 15) is 5.11 Å². The van der Waals surface area contributed by atoms with Crippen LogP contribution in [0.1, 0.15) is 22.0 Å². The molecule has 2 nitrogen and oxygen atoms in total. The van der Waals surface area contributed by atoms with Gasteiger partial charge in [-0.25, -0.2) is 4.98 Å². The minimum Gasteiger partial charge on any atom is -0.393 e. The number of hydrogen-bond donors (Lipinski definition) is 1. The fourth-order valence-corrected chi connectivity index (χ4v) is 2.70. The van der Waals surface area contributed by atoms with E-state index in [-0.39, 0.29) is 6.10 Å². The highest BCUT2D eigenvalue weighted by atomic mass is 32.2. The third kappa shape index (κ3) is 3.59.